The number of para-hydroxylation sites is 1. The summed E-state index contributed by atoms with van der Waals surface area (Å²) >= 11 is 0. The minimum absolute atomic E-state index is 0.652. The van der Waals surface area contributed by atoms with Crippen molar-refractivity contribution >= 4 is 8.03 Å². The van der Waals surface area contributed by atoms with Crippen LogP contribution < -0.4 is 4.74 Å². The summed E-state index contributed by atoms with van der Waals surface area (Å²) in [5, 5.41) is 0. The van der Waals surface area contributed by atoms with Gasteiger partial charge in [-0.3, -0.25) is 9.13 Å². The molecule has 0 bridgehead atoms. The molecule has 1 atom stereocenters. The van der Waals surface area contributed by atoms with E-state index in [2.05, 4.69) is 84.3 Å². The van der Waals surface area contributed by atoms with Crippen LogP contribution in [-0.2, 0) is 4.57 Å². The predicted octanol–water partition coefficient (Wildman–Crippen LogP) is 7.64. The average Bonchev–Trinajstić information content (AvgIpc) is 3.27. The zero-order chi connectivity index (χ0) is 24.9. The molecule has 0 saturated carbocycles. The molecule has 6 heteroatoms. The van der Waals surface area contributed by atoms with Crippen LogP contribution in [0.5, 0.6) is 6.01 Å². The molecule has 0 radical (unpaired) electrons. The van der Waals surface area contributed by atoms with E-state index in [1.165, 1.54) is 32.3 Å². The lowest BCUT2D eigenvalue weighted by Crippen LogP contribution is -2.05. The van der Waals surface area contributed by atoms with Gasteiger partial charge in [-0.2, -0.15) is 4.98 Å². The Labute approximate surface area is 209 Å². The molecule has 1 N–H and O–H groups in total. The third-order valence-electron chi connectivity index (χ3n) is 5.43. The van der Waals surface area contributed by atoms with Crippen molar-refractivity contribution in [2.75, 3.05) is 13.3 Å². The second-order valence-corrected chi connectivity index (χ2v) is 9.31. The lowest BCUT2D eigenvalue weighted by molar-refractivity contribution is 0.278. The van der Waals surface area contributed by atoms with Crippen LogP contribution in [0.2, 0.25) is 0 Å². The first-order chi connectivity index (χ1) is 17.1. The molecule has 35 heavy (non-hydrogen) atoms. The average molecular weight is 491 g/mol. The van der Waals surface area contributed by atoms with E-state index >= 15 is 0 Å². The van der Waals surface area contributed by atoms with Gasteiger partial charge in [-0.25, -0.2) is 0 Å². The molecular weight excluding hydrogens is 455 g/mol. The van der Waals surface area contributed by atoms with Crippen molar-refractivity contribution in [2.24, 2.45) is 0 Å². The quantitative estimate of drug-likeness (QED) is 0.183. The normalized spacial score (nSPS) is 11.4. The van der Waals surface area contributed by atoms with Crippen LogP contribution >= 0.6 is 8.03 Å². The molecule has 5 nitrogen and oxygen atoms in total. The Balaban J connectivity index is 0.000000795. The highest BCUT2D eigenvalue weighted by Gasteiger charge is 2.22. The van der Waals surface area contributed by atoms with Gasteiger partial charge >= 0.3 is 6.01 Å². The zero-order valence-electron chi connectivity index (χ0n) is 20.6. The summed E-state index contributed by atoms with van der Waals surface area (Å²) in [6, 6.07) is 31.8. The molecule has 0 spiro atoms. The van der Waals surface area contributed by atoms with Gasteiger partial charge in [0.2, 0.25) is 0 Å². The fraction of sp³-hybridized carbons (Fsp3) is 0.276. The largest absolute Gasteiger partial charge is 0.464 e. The zero-order valence-corrected chi connectivity index (χ0v) is 21.6. The first-order valence-corrected chi connectivity index (χ1v) is 14.1. The highest BCUT2D eigenvalue weighted by Crippen LogP contribution is 2.37. The maximum atomic E-state index is 9.19. The number of imidazole rings is 1. The molecule has 0 aliphatic heterocycles. The SMILES string of the molecule is CCCCCCCOc1nc(-c2ccccc2)c(-c2ccccc2)n1-c1ccccc1.C[PH](=O)O. The number of ether oxygens (including phenoxy) is 1. The van der Waals surface area contributed by atoms with Gasteiger partial charge < -0.3 is 9.63 Å². The van der Waals surface area contributed by atoms with Crippen molar-refractivity contribution in [1.82, 2.24) is 9.55 Å². The summed E-state index contributed by atoms with van der Waals surface area (Å²) in [5.41, 5.74) is 5.26. The molecule has 0 amide bonds. The third kappa shape index (κ3) is 7.95. The lowest BCUT2D eigenvalue weighted by Gasteiger charge is -2.13. The predicted molar refractivity (Wildman–Crippen MR) is 146 cm³/mol. The fourth-order valence-electron chi connectivity index (χ4n) is 3.84. The summed E-state index contributed by atoms with van der Waals surface area (Å²) in [7, 11) is -2.13. The first-order valence-electron chi connectivity index (χ1n) is 12.2. The van der Waals surface area contributed by atoms with E-state index < -0.39 is 8.03 Å². The summed E-state index contributed by atoms with van der Waals surface area (Å²) in [6.07, 6.45) is 6.03. The van der Waals surface area contributed by atoms with E-state index in [-0.39, 0.29) is 0 Å². The third-order valence-corrected chi connectivity index (χ3v) is 5.43. The number of hydrogen-bond donors (Lipinski definition) is 1. The van der Waals surface area contributed by atoms with Crippen molar-refractivity contribution in [2.45, 2.75) is 39.0 Å². The van der Waals surface area contributed by atoms with Gasteiger partial charge in [0.25, 0.3) is 0 Å². The Morgan fingerprint density at radius 3 is 1.89 bits per heavy atom. The van der Waals surface area contributed by atoms with Crippen LogP contribution in [-0.4, -0.2) is 27.7 Å². The number of aromatic nitrogens is 2. The summed E-state index contributed by atoms with van der Waals surface area (Å²) < 4.78 is 17.6. The molecule has 0 saturated heterocycles. The summed E-state index contributed by atoms with van der Waals surface area (Å²) in [5.74, 6) is 0. The highest BCUT2D eigenvalue weighted by atomic mass is 31.1. The second kappa shape index (κ2) is 14.3. The van der Waals surface area contributed by atoms with E-state index in [0.29, 0.717) is 12.6 Å². The smallest absolute Gasteiger partial charge is 0.302 e. The Morgan fingerprint density at radius 1 is 0.800 bits per heavy atom. The molecule has 4 rings (SSSR count). The maximum Gasteiger partial charge on any atom is 0.302 e. The van der Waals surface area contributed by atoms with Crippen molar-refractivity contribution in [3.63, 3.8) is 0 Å². The molecule has 1 heterocycles. The van der Waals surface area contributed by atoms with E-state index in [1.54, 1.807) is 0 Å². The Bertz CT molecular complexity index is 1160. The Hall–Kier alpha value is -3.14. The fourth-order valence-corrected chi connectivity index (χ4v) is 3.84. The molecule has 0 fully saturated rings. The number of benzene rings is 3. The van der Waals surface area contributed by atoms with E-state index in [0.717, 1.165) is 34.6 Å². The van der Waals surface area contributed by atoms with Crippen molar-refractivity contribution < 1.29 is 14.2 Å². The molecule has 184 valence electrons. The minimum atomic E-state index is -2.13. The lowest BCUT2D eigenvalue weighted by atomic mass is 10.0. The monoisotopic (exact) mass is 490 g/mol. The summed E-state index contributed by atoms with van der Waals surface area (Å²) in [6.45, 7) is 4.18. The number of unbranched alkanes of at least 4 members (excludes halogenated alkanes) is 4. The van der Waals surface area contributed by atoms with E-state index in [1.807, 2.05) is 18.2 Å². The van der Waals surface area contributed by atoms with Gasteiger partial charge in [-0.05, 0) is 18.6 Å². The van der Waals surface area contributed by atoms with Crippen LogP contribution in [0, 0.1) is 0 Å². The molecule has 3 aromatic carbocycles. The number of hydrogen-bond acceptors (Lipinski definition) is 3. The number of nitrogens with zero attached hydrogens (tertiary/aromatic N) is 2. The minimum Gasteiger partial charge on any atom is -0.464 e. The maximum absolute atomic E-state index is 9.19. The van der Waals surface area contributed by atoms with E-state index in [9.17, 15) is 4.57 Å². The van der Waals surface area contributed by atoms with Crippen LogP contribution in [0.25, 0.3) is 28.2 Å². The van der Waals surface area contributed by atoms with Crippen LogP contribution in [0.3, 0.4) is 0 Å². The van der Waals surface area contributed by atoms with Crippen LogP contribution in [0.1, 0.15) is 39.0 Å². The number of rotatable bonds is 10. The van der Waals surface area contributed by atoms with Gasteiger partial charge in [-0.15, -0.1) is 0 Å². The van der Waals surface area contributed by atoms with Crippen LogP contribution in [0.4, 0.5) is 0 Å². The molecule has 0 aliphatic rings. The van der Waals surface area contributed by atoms with Gasteiger partial charge in [0, 0.05) is 17.8 Å². The molecule has 0 aliphatic carbocycles. The summed E-state index contributed by atoms with van der Waals surface area (Å²) in [4.78, 5) is 12.6. The van der Waals surface area contributed by atoms with Gasteiger partial charge in [-0.1, -0.05) is 111 Å². The van der Waals surface area contributed by atoms with Gasteiger partial charge in [0.1, 0.15) is 5.69 Å². The van der Waals surface area contributed by atoms with E-state index in [4.69, 9.17) is 14.6 Å². The Kier molecular flexibility index (Phi) is 10.8. The molecule has 4 aromatic rings. The Morgan fingerprint density at radius 2 is 1.31 bits per heavy atom. The van der Waals surface area contributed by atoms with Crippen LogP contribution in [0.15, 0.2) is 91.0 Å². The molecule has 1 unspecified atom stereocenters. The van der Waals surface area contributed by atoms with Crippen molar-refractivity contribution in [3.05, 3.63) is 91.0 Å². The van der Waals surface area contributed by atoms with Gasteiger partial charge in [0.15, 0.2) is 8.03 Å². The topological polar surface area (TPSA) is 64.4 Å². The molecule has 1 aromatic heterocycles. The van der Waals surface area contributed by atoms with Crippen molar-refractivity contribution in [1.29, 1.82) is 0 Å². The van der Waals surface area contributed by atoms with Crippen molar-refractivity contribution in [3.8, 4) is 34.2 Å². The van der Waals surface area contributed by atoms with Gasteiger partial charge in [0.05, 0.1) is 18.0 Å². The first kappa shape index (κ1) is 26.5. The standard InChI is InChI=1S/C28H30N2O.CH5O2P/c1-2-3-4-5-15-22-31-28-29-26(23-16-9-6-10-17-23)27(24-18-11-7-12-19-24)30(28)25-20-13-8-14-21-25;1-4(2)3/h6-14,16-21H,2-5,15,22H2,1H3;4H,1H3,(H,2,3). The second-order valence-electron chi connectivity index (χ2n) is 8.28. The highest BCUT2D eigenvalue weighted by molar-refractivity contribution is 7.36. The molecular formula is C29H35N2O3P.